The predicted molar refractivity (Wildman–Crippen MR) is 79.3 cm³/mol. The lowest BCUT2D eigenvalue weighted by molar-refractivity contribution is -0.104. The van der Waals surface area contributed by atoms with Crippen LogP contribution in [-0.4, -0.2) is 56.4 Å². The van der Waals surface area contributed by atoms with E-state index in [0.29, 0.717) is 23.5 Å². The number of morpholine rings is 2. The van der Waals surface area contributed by atoms with Crippen molar-refractivity contribution >= 4 is 0 Å². The van der Waals surface area contributed by atoms with Gasteiger partial charge in [0, 0.05) is 32.7 Å². The van der Waals surface area contributed by atoms with Crippen LogP contribution in [0, 0.1) is 22.7 Å². The molecule has 0 saturated carbocycles. The second-order valence-corrected chi connectivity index (χ2v) is 5.58. The van der Waals surface area contributed by atoms with E-state index in [0.717, 1.165) is 32.7 Å². The van der Waals surface area contributed by atoms with E-state index in [1.165, 1.54) is 0 Å². The van der Waals surface area contributed by atoms with E-state index in [-0.39, 0.29) is 12.2 Å². The zero-order chi connectivity index (χ0) is 15.4. The van der Waals surface area contributed by atoms with Crippen LogP contribution in [0.3, 0.4) is 0 Å². The number of hydrogen-bond donors (Lipinski definition) is 1. The average Bonchev–Trinajstić information content (AvgIpc) is 2.55. The van der Waals surface area contributed by atoms with Crippen molar-refractivity contribution < 1.29 is 9.47 Å². The van der Waals surface area contributed by atoms with Crippen LogP contribution >= 0.6 is 0 Å². The molecule has 0 radical (unpaired) electrons. The van der Waals surface area contributed by atoms with E-state index in [4.69, 9.17) is 20.0 Å². The van der Waals surface area contributed by atoms with Crippen LogP contribution in [-0.2, 0) is 4.74 Å². The fourth-order valence-corrected chi connectivity index (χ4v) is 2.92. The molecule has 0 spiro atoms. The molecule has 2 aliphatic rings. The molecule has 3 rings (SSSR count). The quantitative estimate of drug-likeness (QED) is 0.871. The number of nitrogens with one attached hydrogen (secondary N) is 1. The van der Waals surface area contributed by atoms with Gasteiger partial charge in [-0.05, 0) is 18.2 Å². The van der Waals surface area contributed by atoms with Gasteiger partial charge < -0.3 is 14.8 Å². The number of fused-ring (bicyclic) bond motifs is 2. The molecular formula is C16H18N4O2. The van der Waals surface area contributed by atoms with Crippen molar-refractivity contribution in [2.75, 3.05) is 39.3 Å². The molecule has 2 saturated heterocycles. The van der Waals surface area contributed by atoms with E-state index >= 15 is 0 Å². The number of ether oxygens (including phenoxy) is 2. The minimum Gasteiger partial charge on any atom is -0.491 e. The van der Waals surface area contributed by atoms with Gasteiger partial charge in [0.1, 0.15) is 18.4 Å². The third-order valence-electron chi connectivity index (χ3n) is 3.95. The topological polar surface area (TPSA) is 81.3 Å². The lowest BCUT2D eigenvalue weighted by Crippen LogP contribution is -2.58. The molecular weight excluding hydrogens is 280 g/mol. The predicted octanol–water partition coefficient (Wildman–Crippen LogP) is 0.481. The zero-order valence-corrected chi connectivity index (χ0v) is 12.3. The van der Waals surface area contributed by atoms with Gasteiger partial charge in [0.2, 0.25) is 0 Å². The summed E-state index contributed by atoms with van der Waals surface area (Å²) in [4.78, 5) is 2.34. The normalized spacial score (nSPS) is 24.3. The molecule has 0 aromatic heterocycles. The standard InChI is InChI=1S/C16H18N4O2/c17-6-12-1-2-16(13(5-12)7-18)21-4-3-20-10-14-8-19-9-15(11-20)22-14/h1-2,5,14-15,19H,3-4,8-11H2. The summed E-state index contributed by atoms with van der Waals surface area (Å²) in [6.07, 6.45) is 0.522. The zero-order valence-electron chi connectivity index (χ0n) is 12.3. The minimum atomic E-state index is 0.261. The van der Waals surface area contributed by atoms with Crippen molar-refractivity contribution in [3.63, 3.8) is 0 Å². The van der Waals surface area contributed by atoms with Crippen LogP contribution in [0.25, 0.3) is 0 Å². The van der Waals surface area contributed by atoms with E-state index in [2.05, 4.69) is 16.3 Å². The molecule has 1 aromatic carbocycles. The first-order valence-corrected chi connectivity index (χ1v) is 7.44. The summed E-state index contributed by atoms with van der Waals surface area (Å²) in [6, 6.07) is 9.01. The first-order chi connectivity index (χ1) is 10.8. The van der Waals surface area contributed by atoms with Gasteiger partial charge in [0.15, 0.2) is 0 Å². The molecule has 2 unspecified atom stereocenters. The van der Waals surface area contributed by atoms with E-state index in [1.54, 1.807) is 18.2 Å². The molecule has 2 heterocycles. The minimum absolute atomic E-state index is 0.261. The van der Waals surface area contributed by atoms with Gasteiger partial charge in [0.05, 0.1) is 29.4 Å². The number of rotatable bonds is 4. The number of benzene rings is 1. The Kier molecular flexibility index (Phi) is 4.55. The molecule has 2 atom stereocenters. The fraction of sp³-hybridized carbons (Fsp3) is 0.500. The number of nitriles is 2. The van der Waals surface area contributed by atoms with Gasteiger partial charge in [0.25, 0.3) is 0 Å². The SMILES string of the molecule is N#Cc1ccc(OCCN2CC3CNCC(C2)O3)c(C#N)c1. The van der Waals surface area contributed by atoms with Crippen LogP contribution in [0.1, 0.15) is 11.1 Å². The fourth-order valence-electron chi connectivity index (χ4n) is 2.92. The maximum absolute atomic E-state index is 9.12. The van der Waals surface area contributed by atoms with Crippen LogP contribution in [0.4, 0.5) is 0 Å². The second-order valence-electron chi connectivity index (χ2n) is 5.58. The van der Waals surface area contributed by atoms with E-state index in [1.807, 2.05) is 6.07 Å². The summed E-state index contributed by atoms with van der Waals surface area (Å²) in [5.41, 5.74) is 0.875. The second kappa shape index (κ2) is 6.76. The Morgan fingerprint density at radius 1 is 1.23 bits per heavy atom. The van der Waals surface area contributed by atoms with Crippen molar-refractivity contribution in [1.82, 2.24) is 10.2 Å². The van der Waals surface area contributed by atoms with Gasteiger partial charge in [-0.15, -0.1) is 0 Å². The van der Waals surface area contributed by atoms with Crippen molar-refractivity contribution in [1.29, 1.82) is 10.5 Å². The summed E-state index contributed by atoms with van der Waals surface area (Å²) in [5.74, 6) is 0.539. The Hall–Kier alpha value is -2.12. The highest BCUT2D eigenvalue weighted by Crippen LogP contribution is 2.19. The van der Waals surface area contributed by atoms with Gasteiger partial charge >= 0.3 is 0 Å². The first-order valence-electron chi connectivity index (χ1n) is 7.44. The number of hydrogen-bond acceptors (Lipinski definition) is 6. The van der Waals surface area contributed by atoms with Crippen molar-refractivity contribution in [3.8, 4) is 17.9 Å². The Morgan fingerprint density at radius 2 is 2.00 bits per heavy atom. The Morgan fingerprint density at radius 3 is 2.68 bits per heavy atom. The third kappa shape index (κ3) is 3.37. The Bertz CT molecular complexity index is 608. The smallest absolute Gasteiger partial charge is 0.137 e. The summed E-state index contributed by atoms with van der Waals surface area (Å²) >= 11 is 0. The average molecular weight is 298 g/mol. The molecule has 6 heteroatoms. The summed E-state index contributed by atoms with van der Waals surface area (Å²) in [5, 5.41) is 21.3. The lowest BCUT2D eigenvalue weighted by Gasteiger charge is -2.41. The Labute approximate surface area is 129 Å². The molecule has 1 aromatic rings. The van der Waals surface area contributed by atoms with Gasteiger partial charge in [-0.2, -0.15) is 10.5 Å². The molecule has 2 aliphatic heterocycles. The van der Waals surface area contributed by atoms with Crippen molar-refractivity contribution in [2.45, 2.75) is 12.2 Å². The highest BCUT2D eigenvalue weighted by molar-refractivity contribution is 5.48. The van der Waals surface area contributed by atoms with Crippen molar-refractivity contribution in [2.24, 2.45) is 0 Å². The van der Waals surface area contributed by atoms with Crippen LogP contribution < -0.4 is 10.1 Å². The van der Waals surface area contributed by atoms with Crippen molar-refractivity contribution in [3.05, 3.63) is 29.3 Å². The molecule has 0 amide bonds. The third-order valence-corrected chi connectivity index (χ3v) is 3.95. The molecule has 114 valence electrons. The molecule has 0 aliphatic carbocycles. The molecule has 2 fully saturated rings. The molecule has 1 N–H and O–H groups in total. The van der Waals surface area contributed by atoms with Crippen LogP contribution in [0.5, 0.6) is 5.75 Å². The summed E-state index contributed by atoms with van der Waals surface area (Å²) in [7, 11) is 0. The monoisotopic (exact) mass is 298 g/mol. The van der Waals surface area contributed by atoms with Gasteiger partial charge in [-0.3, -0.25) is 4.90 Å². The summed E-state index contributed by atoms with van der Waals surface area (Å²) < 4.78 is 11.6. The maximum atomic E-state index is 9.12. The van der Waals surface area contributed by atoms with E-state index < -0.39 is 0 Å². The molecule has 22 heavy (non-hydrogen) atoms. The van der Waals surface area contributed by atoms with Crippen LogP contribution in [0.15, 0.2) is 18.2 Å². The first kappa shape index (κ1) is 14.8. The highest BCUT2D eigenvalue weighted by atomic mass is 16.5. The molecule has 6 nitrogen and oxygen atoms in total. The van der Waals surface area contributed by atoms with Gasteiger partial charge in [-0.1, -0.05) is 0 Å². The summed E-state index contributed by atoms with van der Waals surface area (Å²) in [6.45, 7) is 4.95. The number of nitrogens with zero attached hydrogens (tertiary/aromatic N) is 3. The van der Waals surface area contributed by atoms with E-state index in [9.17, 15) is 0 Å². The highest BCUT2D eigenvalue weighted by Gasteiger charge is 2.30. The largest absolute Gasteiger partial charge is 0.491 e. The van der Waals surface area contributed by atoms with Gasteiger partial charge in [-0.25, -0.2) is 0 Å². The maximum Gasteiger partial charge on any atom is 0.137 e. The molecule has 2 bridgehead atoms. The lowest BCUT2D eigenvalue weighted by atomic mass is 10.1. The van der Waals surface area contributed by atoms with Crippen LogP contribution in [0.2, 0.25) is 0 Å². The Balaban J connectivity index is 1.53.